The smallest absolute Gasteiger partial charge is 0.339 e. The summed E-state index contributed by atoms with van der Waals surface area (Å²) in [7, 11) is 0. The molecule has 0 aromatic heterocycles. The lowest BCUT2D eigenvalue weighted by molar-refractivity contribution is -0.121. The first-order valence-electron chi connectivity index (χ1n) is 12.1. The summed E-state index contributed by atoms with van der Waals surface area (Å²) >= 11 is 0. The van der Waals surface area contributed by atoms with E-state index in [1.807, 2.05) is 12.1 Å². The van der Waals surface area contributed by atoms with Crippen LogP contribution in [-0.4, -0.2) is 47.9 Å². The summed E-state index contributed by atoms with van der Waals surface area (Å²) in [6.45, 7) is 7.87. The van der Waals surface area contributed by atoms with Crippen molar-refractivity contribution in [1.29, 1.82) is 0 Å². The second kappa shape index (κ2) is 11.9. The SMILES string of the molecule is CCOc1cc(CC(=O)N[C@@H](CC(C)C)c2ccccc2N2CCCC(O)C2)ccc1C(=O)O. The van der Waals surface area contributed by atoms with Gasteiger partial charge in [-0.3, -0.25) is 4.79 Å². The molecule has 0 spiro atoms. The van der Waals surface area contributed by atoms with Crippen molar-refractivity contribution in [2.24, 2.45) is 5.92 Å². The Morgan fingerprint density at radius 2 is 1.97 bits per heavy atom. The number of hydrogen-bond donors (Lipinski definition) is 3. The third-order valence-electron chi connectivity index (χ3n) is 6.03. The molecule has 1 aliphatic rings. The number of amides is 1. The lowest BCUT2D eigenvalue weighted by Crippen LogP contribution is -2.39. The van der Waals surface area contributed by atoms with Crippen molar-refractivity contribution in [2.45, 2.75) is 58.6 Å². The second-order valence-electron chi connectivity index (χ2n) is 9.30. The molecule has 0 bridgehead atoms. The Labute approximate surface area is 201 Å². The summed E-state index contributed by atoms with van der Waals surface area (Å²) in [6, 6.07) is 12.7. The monoisotopic (exact) mass is 468 g/mol. The van der Waals surface area contributed by atoms with E-state index in [1.165, 1.54) is 6.07 Å². The number of aromatic carboxylic acids is 1. The molecule has 3 N–H and O–H groups in total. The van der Waals surface area contributed by atoms with Gasteiger partial charge in [0.1, 0.15) is 11.3 Å². The molecule has 184 valence electrons. The van der Waals surface area contributed by atoms with Gasteiger partial charge in [-0.2, -0.15) is 0 Å². The summed E-state index contributed by atoms with van der Waals surface area (Å²) in [5.41, 5.74) is 2.88. The van der Waals surface area contributed by atoms with Crippen LogP contribution in [0.2, 0.25) is 0 Å². The molecule has 1 amide bonds. The number of anilines is 1. The van der Waals surface area contributed by atoms with Crippen molar-refractivity contribution in [3.8, 4) is 5.75 Å². The van der Waals surface area contributed by atoms with E-state index < -0.39 is 5.97 Å². The number of nitrogens with zero attached hydrogens (tertiary/aromatic N) is 1. The van der Waals surface area contributed by atoms with Crippen LogP contribution in [0.3, 0.4) is 0 Å². The number of para-hydroxylation sites is 1. The van der Waals surface area contributed by atoms with E-state index in [1.54, 1.807) is 19.1 Å². The highest BCUT2D eigenvalue weighted by Gasteiger charge is 2.25. The number of benzene rings is 2. The first kappa shape index (κ1) is 25.6. The normalized spacial score (nSPS) is 16.9. The van der Waals surface area contributed by atoms with Gasteiger partial charge >= 0.3 is 5.97 Å². The number of carbonyl (C=O) groups excluding carboxylic acids is 1. The maximum atomic E-state index is 13.1. The Bertz CT molecular complexity index is 991. The molecule has 1 unspecified atom stereocenters. The lowest BCUT2D eigenvalue weighted by Gasteiger charge is -2.35. The van der Waals surface area contributed by atoms with E-state index in [0.29, 0.717) is 24.6 Å². The molecule has 0 radical (unpaired) electrons. The second-order valence-corrected chi connectivity index (χ2v) is 9.30. The van der Waals surface area contributed by atoms with Crippen LogP contribution in [0.15, 0.2) is 42.5 Å². The largest absolute Gasteiger partial charge is 0.493 e. The molecule has 34 heavy (non-hydrogen) atoms. The topological polar surface area (TPSA) is 99.1 Å². The Kier molecular flexibility index (Phi) is 8.93. The number of rotatable bonds is 10. The number of carbonyl (C=O) groups is 2. The molecule has 1 heterocycles. The standard InChI is InChI=1S/C27H36N2O5/c1-4-34-25-15-19(11-12-22(25)27(32)33)16-26(31)28-23(14-18(2)3)21-9-5-6-10-24(21)29-13-7-8-20(30)17-29/h5-6,9-12,15,18,20,23,30H,4,7-8,13-14,16-17H2,1-3H3,(H,28,31)(H,32,33)/t20?,23-/m0/s1. The van der Waals surface area contributed by atoms with Crippen molar-refractivity contribution in [3.05, 3.63) is 59.2 Å². The van der Waals surface area contributed by atoms with E-state index in [4.69, 9.17) is 4.74 Å². The molecule has 1 aliphatic heterocycles. The predicted molar refractivity (Wildman–Crippen MR) is 133 cm³/mol. The molecule has 7 heteroatoms. The molecule has 0 aliphatic carbocycles. The summed E-state index contributed by atoms with van der Waals surface area (Å²) in [4.78, 5) is 26.7. The van der Waals surface area contributed by atoms with Gasteiger partial charge in [-0.15, -0.1) is 0 Å². The zero-order valence-corrected chi connectivity index (χ0v) is 20.3. The average molecular weight is 469 g/mol. The van der Waals surface area contributed by atoms with Crippen molar-refractivity contribution >= 4 is 17.6 Å². The highest BCUT2D eigenvalue weighted by molar-refractivity contribution is 5.91. The summed E-state index contributed by atoms with van der Waals surface area (Å²) in [5.74, 6) is -0.557. The molecule has 0 saturated carbocycles. The fourth-order valence-corrected chi connectivity index (χ4v) is 4.54. The number of nitrogens with one attached hydrogen (secondary N) is 1. The summed E-state index contributed by atoms with van der Waals surface area (Å²) < 4.78 is 5.48. The van der Waals surface area contributed by atoms with E-state index in [-0.39, 0.29) is 35.8 Å². The Balaban J connectivity index is 1.81. The molecule has 2 aromatic carbocycles. The van der Waals surface area contributed by atoms with Crippen LogP contribution >= 0.6 is 0 Å². The van der Waals surface area contributed by atoms with E-state index >= 15 is 0 Å². The van der Waals surface area contributed by atoms with Gasteiger partial charge in [0.25, 0.3) is 0 Å². The van der Waals surface area contributed by atoms with Crippen LogP contribution in [0.25, 0.3) is 0 Å². The van der Waals surface area contributed by atoms with Crippen LogP contribution in [0.5, 0.6) is 5.75 Å². The fourth-order valence-electron chi connectivity index (χ4n) is 4.54. The highest BCUT2D eigenvalue weighted by atomic mass is 16.5. The first-order chi connectivity index (χ1) is 16.3. The average Bonchev–Trinajstić information content (AvgIpc) is 2.78. The predicted octanol–water partition coefficient (Wildman–Crippen LogP) is 4.19. The highest BCUT2D eigenvalue weighted by Crippen LogP contribution is 2.32. The molecule has 7 nitrogen and oxygen atoms in total. The van der Waals surface area contributed by atoms with Gasteiger partial charge in [-0.1, -0.05) is 38.1 Å². The number of hydrogen-bond acceptors (Lipinski definition) is 5. The molecule has 1 saturated heterocycles. The van der Waals surface area contributed by atoms with Crippen molar-refractivity contribution in [1.82, 2.24) is 5.32 Å². The van der Waals surface area contributed by atoms with Gasteiger partial charge in [0.2, 0.25) is 5.91 Å². The molecular weight excluding hydrogens is 432 g/mol. The summed E-state index contributed by atoms with van der Waals surface area (Å²) in [5, 5.41) is 22.8. The van der Waals surface area contributed by atoms with Gasteiger partial charge in [-0.05, 0) is 61.4 Å². The molecule has 2 atom stereocenters. The quantitative estimate of drug-likeness (QED) is 0.484. The maximum Gasteiger partial charge on any atom is 0.339 e. The first-order valence-corrected chi connectivity index (χ1v) is 12.1. The van der Waals surface area contributed by atoms with E-state index in [9.17, 15) is 19.8 Å². The van der Waals surface area contributed by atoms with Crippen LogP contribution in [0, 0.1) is 5.92 Å². The minimum absolute atomic E-state index is 0.0846. The number of piperidine rings is 1. The fraction of sp³-hybridized carbons (Fsp3) is 0.481. The number of ether oxygens (including phenoxy) is 1. The van der Waals surface area contributed by atoms with Gasteiger partial charge < -0.3 is 25.2 Å². The van der Waals surface area contributed by atoms with Crippen LogP contribution < -0.4 is 15.0 Å². The molecule has 2 aromatic rings. The Morgan fingerprint density at radius 1 is 1.21 bits per heavy atom. The number of carboxylic acids is 1. The van der Waals surface area contributed by atoms with Crippen LogP contribution in [-0.2, 0) is 11.2 Å². The Hall–Kier alpha value is -3.06. The van der Waals surface area contributed by atoms with Crippen molar-refractivity contribution in [2.75, 3.05) is 24.6 Å². The number of carboxylic acid groups (broad SMARTS) is 1. The van der Waals surface area contributed by atoms with Crippen molar-refractivity contribution < 1.29 is 24.5 Å². The number of aliphatic hydroxyl groups is 1. The third kappa shape index (κ3) is 6.73. The minimum atomic E-state index is -1.06. The van der Waals surface area contributed by atoms with Gasteiger partial charge in [0.05, 0.1) is 25.2 Å². The lowest BCUT2D eigenvalue weighted by atomic mass is 9.94. The zero-order valence-electron chi connectivity index (χ0n) is 20.3. The summed E-state index contributed by atoms with van der Waals surface area (Å²) in [6.07, 6.45) is 2.31. The van der Waals surface area contributed by atoms with Crippen LogP contribution in [0.4, 0.5) is 5.69 Å². The number of aliphatic hydroxyl groups excluding tert-OH is 1. The van der Waals surface area contributed by atoms with Crippen molar-refractivity contribution in [3.63, 3.8) is 0 Å². The van der Waals surface area contributed by atoms with Gasteiger partial charge in [0.15, 0.2) is 0 Å². The van der Waals surface area contributed by atoms with Gasteiger partial charge in [-0.25, -0.2) is 4.79 Å². The number of β-amino-alcohol motifs (C(OH)–C–C–N with tert-alkyl or cyclic N) is 1. The Morgan fingerprint density at radius 3 is 2.65 bits per heavy atom. The minimum Gasteiger partial charge on any atom is -0.493 e. The molecule has 1 fully saturated rings. The third-order valence-corrected chi connectivity index (χ3v) is 6.03. The molecule has 3 rings (SSSR count). The van der Waals surface area contributed by atoms with E-state index in [2.05, 4.69) is 36.2 Å². The maximum absolute atomic E-state index is 13.1. The van der Waals surface area contributed by atoms with Gasteiger partial charge in [0, 0.05) is 18.8 Å². The molecular formula is C27H36N2O5. The zero-order chi connectivity index (χ0) is 24.7. The van der Waals surface area contributed by atoms with Crippen LogP contribution in [0.1, 0.15) is 67.6 Å². The van der Waals surface area contributed by atoms with E-state index in [0.717, 1.165) is 37.1 Å².